The van der Waals surface area contributed by atoms with Crippen molar-refractivity contribution in [3.63, 3.8) is 0 Å². The molecule has 3 atom stereocenters. The van der Waals surface area contributed by atoms with Crippen molar-refractivity contribution in [1.29, 1.82) is 0 Å². The van der Waals surface area contributed by atoms with Crippen molar-refractivity contribution in [2.24, 2.45) is 5.92 Å². The van der Waals surface area contributed by atoms with Crippen molar-refractivity contribution < 1.29 is 40.2 Å². The molecule has 17 heteroatoms. The molecule has 1 saturated heterocycles. The Balaban J connectivity index is 1.30. The smallest absolute Gasteiger partial charge is 0.416 e. The number of ether oxygens (including phenoxy) is 2. The summed E-state index contributed by atoms with van der Waals surface area (Å²) in [6.45, 7) is 0.863. The van der Waals surface area contributed by atoms with E-state index in [2.05, 4.69) is 15.3 Å². The molecule has 0 unspecified atom stereocenters. The lowest BCUT2D eigenvalue weighted by Crippen LogP contribution is -2.57. The third-order valence-corrected chi connectivity index (χ3v) is 12.4. The van der Waals surface area contributed by atoms with Crippen LogP contribution in [0.4, 0.5) is 29.1 Å². The first-order chi connectivity index (χ1) is 26.1. The molecule has 1 saturated carbocycles. The molecule has 1 aromatic heterocycles. The summed E-state index contributed by atoms with van der Waals surface area (Å²) in [7, 11) is 1.82. The van der Waals surface area contributed by atoms with E-state index in [1.54, 1.807) is 36.2 Å². The van der Waals surface area contributed by atoms with Gasteiger partial charge in [-0.05, 0) is 68.1 Å². The number of carbonyl (C=O) groups excluding carboxylic acids is 1. The number of anilines is 2. The summed E-state index contributed by atoms with van der Waals surface area (Å²) in [5.74, 6) is -0.934. The SMILES string of the molecule is COc1ccc(CN(c2ccncn2)S(=O)(=O)c2cc(Cl)c(N[C@H]3CC[C@H](c4cccc(C(F)(F)F)c4)C[C@@H]3N(C)C(=O)C3CN(C)C3)cc2F)c(OC)c1. The Kier molecular flexibility index (Phi) is 11.8. The summed E-state index contributed by atoms with van der Waals surface area (Å²) in [5, 5.41) is 3.16. The number of hydrogen-bond acceptors (Lipinski definition) is 9. The van der Waals surface area contributed by atoms with Gasteiger partial charge < -0.3 is 24.6 Å². The molecule has 4 aromatic rings. The van der Waals surface area contributed by atoms with Gasteiger partial charge >= 0.3 is 6.18 Å². The van der Waals surface area contributed by atoms with Crippen LogP contribution in [0.2, 0.25) is 5.02 Å². The van der Waals surface area contributed by atoms with Gasteiger partial charge in [0.25, 0.3) is 10.0 Å². The van der Waals surface area contributed by atoms with E-state index in [9.17, 15) is 26.4 Å². The van der Waals surface area contributed by atoms with Gasteiger partial charge in [-0.15, -0.1) is 0 Å². The number of amides is 1. The lowest BCUT2D eigenvalue weighted by Gasteiger charge is -2.45. The summed E-state index contributed by atoms with van der Waals surface area (Å²) in [4.78, 5) is 24.5. The minimum Gasteiger partial charge on any atom is -0.497 e. The van der Waals surface area contributed by atoms with Crippen molar-refractivity contribution >= 4 is 39.0 Å². The van der Waals surface area contributed by atoms with Gasteiger partial charge in [0.15, 0.2) is 0 Å². The van der Waals surface area contributed by atoms with Crippen LogP contribution in [0.1, 0.15) is 41.9 Å². The van der Waals surface area contributed by atoms with Crippen LogP contribution in [-0.2, 0) is 27.5 Å². The second-order valence-electron chi connectivity index (χ2n) is 13.8. The highest BCUT2D eigenvalue weighted by molar-refractivity contribution is 7.92. The topological polar surface area (TPSA) is 117 Å². The maximum absolute atomic E-state index is 16.2. The Bertz CT molecular complexity index is 2120. The molecule has 294 valence electrons. The van der Waals surface area contributed by atoms with Crippen molar-refractivity contribution in [1.82, 2.24) is 19.8 Å². The summed E-state index contributed by atoms with van der Waals surface area (Å²) in [6, 6.07) is 12.5. The average Bonchev–Trinajstić information content (AvgIpc) is 3.16. The molecule has 2 fully saturated rings. The van der Waals surface area contributed by atoms with E-state index < -0.39 is 44.6 Å². The molecular weight excluding hydrogens is 764 g/mol. The third kappa shape index (κ3) is 8.60. The first kappa shape index (κ1) is 40.0. The Morgan fingerprint density at radius 2 is 1.82 bits per heavy atom. The van der Waals surface area contributed by atoms with Gasteiger partial charge in [0.2, 0.25) is 5.91 Å². The summed E-state index contributed by atoms with van der Waals surface area (Å²) < 4.78 is 97.3. The summed E-state index contributed by atoms with van der Waals surface area (Å²) >= 11 is 6.73. The van der Waals surface area contributed by atoms with Gasteiger partial charge in [0.1, 0.15) is 34.4 Å². The fourth-order valence-corrected chi connectivity index (χ4v) is 9.09. The van der Waals surface area contributed by atoms with Crippen molar-refractivity contribution in [3.05, 3.63) is 101 Å². The highest BCUT2D eigenvalue weighted by Gasteiger charge is 2.41. The number of carbonyl (C=O) groups is 1. The van der Waals surface area contributed by atoms with E-state index in [0.29, 0.717) is 55.0 Å². The molecule has 3 aromatic carbocycles. The fourth-order valence-electron chi connectivity index (χ4n) is 7.33. The molecule has 0 spiro atoms. The van der Waals surface area contributed by atoms with Gasteiger partial charge in [0, 0.05) is 50.1 Å². The van der Waals surface area contributed by atoms with Crippen LogP contribution in [0, 0.1) is 11.7 Å². The fraction of sp³-hybridized carbons (Fsp3) is 0.395. The maximum atomic E-state index is 16.2. The molecule has 6 rings (SSSR count). The predicted octanol–water partition coefficient (Wildman–Crippen LogP) is 6.84. The normalized spacial score (nSPS) is 19.3. The molecule has 1 aliphatic carbocycles. The Hall–Kier alpha value is -4.67. The van der Waals surface area contributed by atoms with Crippen LogP contribution in [0.15, 0.2) is 78.1 Å². The van der Waals surface area contributed by atoms with Crippen molar-refractivity contribution in [2.45, 2.75) is 54.9 Å². The number of sulfonamides is 1. The lowest BCUT2D eigenvalue weighted by molar-refractivity contribution is -0.142. The highest BCUT2D eigenvalue weighted by atomic mass is 35.5. The van der Waals surface area contributed by atoms with E-state index >= 15 is 4.39 Å². The van der Waals surface area contributed by atoms with E-state index in [4.69, 9.17) is 21.1 Å². The molecule has 55 heavy (non-hydrogen) atoms. The Morgan fingerprint density at radius 3 is 2.47 bits per heavy atom. The second kappa shape index (κ2) is 16.2. The number of halogens is 5. The first-order valence-electron chi connectivity index (χ1n) is 17.5. The monoisotopic (exact) mass is 804 g/mol. The van der Waals surface area contributed by atoms with Crippen LogP contribution >= 0.6 is 11.6 Å². The molecule has 11 nitrogen and oxygen atoms in total. The summed E-state index contributed by atoms with van der Waals surface area (Å²) in [5.41, 5.74) is 0.304. The standard InChI is InChI=1S/C38H41ClF4N6O5S/c1-47-19-26(20-47)37(50)48(2)33-15-24(23-6-5-7-27(14-23)38(41,42)43)9-11-31(33)46-32-18-30(40)35(17-29(32)39)55(51,52)49(36-12-13-44-22-45-36)21-25-8-10-28(53-3)16-34(25)54-4/h5-8,10,12-14,16-18,22,24,26,31,33,46H,9,11,15,19-21H2,1-4H3/t24-,31-,33-/m0/s1. The van der Waals surface area contributed by atoms with Gasteiger partial charge in [0.05, 0.1) is 49.0 Å². The number of hydrogen-bond donors (Lipinski definition) is 1. The molecule has 1 amide bonds. The lowest BCUT2D eigenvalue weighted by atomic mass is 9.77. The Labute approximate surface area is 322 Å². The molecular formula is C38H41ClF4N6O5S. The number of alkyl halides is 3. The zero-order valence-corrected chi connectivity index (χ0v) is 32.1. The van der Waals surface area contributed by atoms with Crippen LogP contribution in [0.5, 0.6) is 11.5 Å². The quantitative estimate of drug-likeness (QED) is 0.154. The number of rotatable bonds is 12. The zero-order chi connectivity index (χ0) is 39.7. The number of likely N-dealkylation sites (N-methyl/N-ethyl adjacent to an activating group) is 1. The number of nitrogens with zero attached hydrogens (tertiary/aromatic N) is 5. The van der Waals surface area contributed by atoms with E-state index in [1.807, 2.05) is 11.9 Å². The Morgan fingerprint density at radius 1 is 1.05 bits per heavy atom. The minimum absolute atomic E-state index is 0.0312. The van der Waals surface area contributed by atoms with Crippen LogP contribution in [0.3, 0.4) is 0 Å². The number of benzene rings is 3. The molecule has 0 bridgehead atoms. The highest BCUT2D eigenvalue weighted by Crippen LogP contribution is 2.41. The minimum atomic E-state index is -4.66. The molecule has 2 heterocycles. The number of likely N-dealkylation sites (tertiary alicyclic amines) is 1. The molecule has 0 radical (unpaired) electrons. The maximum Gasteiger partial charge on any atom is 0.416 e. The predicted molar refractivity (Wildman–Crippen MR) is 199 cm³/mol. The number of nitrogens with one attached hydrogen (secondary N) is 1. The number of aromatic nitrogens is 2. The zero-order valence-electron chi connectivity index (χ0n) is 30.6. The van der Waals surface area contributed by atoms with Gasteiger partial charge in [-0.3, -0.25) is 4.79 Å². The van der Waals surface area contributed by atoms with Crippen LogP contribution in [0.25, 0.3) is 0 Å². The largest absolute Gasteiger partial charge is 0.497 e. The number of methoxy groups -OCH3 is 2. The molecule has 1 aliphatic heterocycles. The van der Waals surface area contributed by atoms with Gasteiger partial charge in [-0.1, -0.05) is 29.8 Å². The molecule has 1 N–H and O–H groups in total. The van der Waals surface area contributed by atoms with E-state index in [0.717, 1.165) is 28.6 Å². The van der Waals surface area contributed by atoms with E-state index in [1.165, 1.54) is 38.9 Å². The average molecular weight is 805 g/mol. The van der Waals surface area contributed by atoms with Gasteiger partial charge in [-0.25, -0.2) is 27.1 Å². The van der Waals surface area contributed by atoms with Gasteiger partial charge in [-0.2, -0.15) is 13.2 Å². The van der Waals surface area contributed by atoms with Crippen LogP contribution in [-0.4, -0.2) is 87.6 Å². The van der Waals surface area contributed by atoms with E-state index in [-0.39, 0.29) is 40.8 Å². The van der Waals surface area contributed by atoms with Crippen molar-refractivity contribution in [3.8, 4) is 11.5 Å². The second-order valence-corrected chi connectivity index (χ2v) is 16.1. The third-order valence-electron chi connectivity index (χ3n) is 10.3. The first-order valence-corrected chi connectivity index (χ1v) is 19.3. The van der Waals surface area contributed by atoms with Crippen LogP contribution < -0.4 is 19.1 Å². The summed E-state index contributed by atoms with van der Waals surface area (Å²) in [6.07, 6.45) is -0.779. The van der Waals surface area contributed by atoms with Crippen molar-refractivity contribution in [2.75, 3.05) is 51.0 Å². The molecule has 2 aliphatic rings.